The summed E-state index contributed by atoms with van der Waals surface area (Å²) in [5.74, 6) is -1.13. The molecule has 2 aromatic carbocycles. The van der Waals surface area contributed by atoms with E-state index in [1.54, 1.807) is 24.3 Å². The second-order valence-electron chi connectivity index (χ2n) is 6.89. The number of carbonyl (C=O) groups is 2. The summed E-state index contributed by atoms with van der Waals surface area (Å²) in [6, 6.07) is 16.1. The van der Waals surface area contributed by atoms with Gasteiger partial charge in [-0.3, -0.25) is 19.4 Å². The number of fused-ring (bicyclic) bond motifs is 1. The molecule has 2 amide bonds. The van der Waals surface area contributed by atoms with Crippen molar-refractivity contribution in [1.82, 2.24) is 9.97 Å². The van der Waals surface area contributed by atoms with Gasteiger partial charge in [-0.05, 0) is 31.2 Å². The number of anilines is 4. The summed E-state index contributed by atoms with van der Waals surface area (Å²) in [5.41, 5.74) is 0.800. The average molecular weight is 419 g/mol. The van der Waals surface area contributed by atoms with Crippen molar-refractivity contribution in [2.45, 2.75) is 19.3 Å². The molecule has 2 heterocycles. The zero-order valence-corrected chi connectivity index (χ0v) is 16.8. The fourth-order valence-corrected chi connectivity index (χ4v) is 3.38. The summed E-state index contributed by atoms with van der Waals surface area (Å²) in [5, 5.41) is 8.34. The van der Waals surface area contributed by atoms with Crippen LogP contribution in [0.15, 0.2) is 59.4 Å². The van der Waals surface area contributed by atoms with Crippen molar-refractivity contribution in [3.63, 3.8) is 0 Å². The maximum atomic E-state index is 13.0. The van der Waals surface area contributed by atoms with Gasteiger partial charge in [0, 0.05) is 12.1 Å². The molecule has 9 heteroatoms. The van der Waals surface area contributed by atoms with Crippen LogP contribution in [0.1, 0.15) is 24.8 Å². The van der Waals surface area contributed by atoms with E-state index in [1.165, 1.54) is 0 Å². The SMILES string of the molecule is CCOc1ccccc1NC(=O)C1CC(=O)Nc2nc(Nc3ccccc3)[nH]c(=O)c21. The maximum Gasteiger partial charge on any atom is 0.258 e. The number of nitrogens with one attached hydrogen (secondary N) is 4. The van der Waals surface area contributed by atoms with E-state index >= 15 is 0 Å². The number of ether oxygens (including phenoxy) is 1. The van der Waals surface area contributed by atoms with E-state index in [4.69, 9.17) is 4.74 Å². The number of amides is 2. The van der Waals surface area contributed by atoms with E-state index in [1.807, 2.05) is 37.3 Å². The minimum atomic E-state index is -0.986. The quantitative estimate of drug-likeness (QED) is 0.487. The van der Waals surface area contributed by atoms with Crippen molar-refractivity contribution >= 4 is 35.0 Å². The molecule has 1 atom stereocenters. The van der Waals surface area contributed by atoms with E-state index in [0.29, 0.717) is 18.0 Å². The normalized spacial score (nSPS) is 14.9. The largest absolute Gasteiger partial charge is 0.492 e. The zero-order chi connectivity index (χ0) is 21.8. The number of hydrogen-bond acceptors (Lipinski definition) is 6. The highest BCUT2D eigenvalue weighted by molar-refractivity contribution is 6.05. The van der Waals surface area contributed by atoms with Gasteiger partial charge in [-0.15, -0.1) is 0 Å². The molecular weight excluding hydrogens is 398 g/mol. The molecule has 1 unspecified atom stereocenters. The summed E-state index contributed by atoms with van der Waals surface area (Å²) in [7, 11) is 0. The minimum Gasteiger partial charge on any atom is -0.492 e. The van der Waals surface area contributed by atoms with E-state index in [2.05, 4.69) is 25.9 Å². The Morgan fingerprint density at radius 2 is 1.87 bits per heavy atom. The fraction of sp³-hybridized carbons (Fsp3) is 0.182. The first-order valence-corrected chi connectivity index (χ1v) is 9.84. The van der Waals surface area contributed by atoms with Crippen molar-refractivity contribution in [3.8, 4) is 5.75 Å². The van der Waals surface area contributed by atoms with Gasteiger partial charge < -0.3 is 20.7 Å². The predicted molar refractivity (Wildman–Crippen MR) is 117 cm³/mol. The number of aromatic amines is 1. The molecule has 1 aromatic heterocycles. The molecule has 0 spiro atoms. The van der Waals surface area contributed by atoms with Crippen LogP contribution in [0.5, 0.6) is 5.75 Å². The van der Waals surface area contributed by atoms with Gasteiger partial charge in [-0.25, -0.2) is 0 Å². The Balaban J connectivity index is 1.63. The van der Waals surface area contributed by atoms with E-state index < -0.39 is 23.3 Å². The van der Waals surface area contributed by atoms with Gasteiger partial charge in [0.25, 0.3) is 5.56 Å². The Hall–Kier alpha value is -4.14. The summed E-state index contributed by atoms with van der Waals surface area (Å²) in [6.45, 7) is 2.27. The molecular formula is C22H21N5O4. The predicted octanol–water partition coefficient (Wildman–Crippen LogP) is 2.98. The Bertz CT molecular complexity index is 1180. The van der Waals surface area contributed by atoms with Crippen LogP contribution in [0.4, 0.5) is 23.1 Å². The Labute approximate surface area is 177 Å². The Kier molecular flexibility index (Phi) is 5.65. The molecule has 31 heavy (non-hydrogen) atoms. The molecule has 4 rings (SSSR count). The van der Waals surface area contributed by atoms with Gasteiger partial charge in [0.1, 0.15) is 11.6 Å². The third kappa shape index (κ3) is 4.40. The second-order valence-corrected chi connectivity index (χ2v) is 6.89. The molecule has 1 aliphatic rings. The lowest BCUT2D eigenvalue weighted by molar-refractivity contribution is -0.123. The lowest BCUT2D eigenvalue weighted by Gasteiger charge is -2.24. The van der Waals surface area contributed by atoms with Crippen LogP contribution in [0.25, 0.3) is 0 Å². The number of benzene rings is 2. The molecule has 0 fully saturated rings. The number of H-pyrrole nitrogens is 1. The number of nitrogens with zero attached hydrogens (tertiary/aromatic N) is 1. The van der Waals surface area contributed by atoms with Crippen LogP contribution in [0, 0.1) is 0 Å². The highest BCUT2D eigenvalue weighted by Gasteiger charge is 2.35. The molecule has 0 bridgehead atoms. The van der Waals surface area contributed by atoms with E-state index in [9.17, 15) is 14.4 Å². The monoisotopic (exact) mass is 419 g/mol. The van der Waals surface area contributed by atoms with E-state index in [0.717, 1.165) is 5.69 Å². The van der Waals surface area contributed by atoms with Gasteiger partial charge in [-0.1, -0.05) is 30.3 Å². The zero-order valence-electron chi connectivity index (χ0n) is 16.8. The smallest absolute Gasteiger partial charge is 0.258 e. The van der Waals surface area contributed by atoms with Gasteiger partial charge in [0.05, 0.1) is 23.8 Å². The third-order valence-corrected chi connectivity index (χ3v) is 4.75. The molecule has 9 nitrogen and oxygen atoms in total. The Morgan fingerprint density at radius 3 is 2.65 bits per heavy atom. The summed E-state index contributed by atoms with van der Waals surface area (Å²) in [4.78, 5) is 45.0. The van der Waals surface area contributed by atoms with Crippen molar-refractivity contribution < 1.29 is 14.3 Å². The van der Waals surface area contributed by atoms with Gasteiger partial charge in [0.15, 0.2) is 0 Å². The van der Waals surface area contributed by atoms with Crippen molar-refractivity contribution in [3.05, 3.63) is 70.5 Å². The second kappa shape index (κ2) is 8.70. The minimum absolute atomic E-state index is 0.0664. The first-order valence-electron chi connectivity index (χ1n) is 9.84. The summed E-state index contributed by atoms with van der Waals surface area (Å²) in [6.07, 6.45) is -0.161. The fourth-order valence-electron chi connectivity index (χ4n) is 3.38. The van der Waals surface area contributed by atoms with Crippen LogP contribution >= 0.6 is 0 Å². The van der Waals surface area contributed by atoms with Crippen LogP contribution in [0.2, 0.25) is 0 Å². The summed E-state index contributed by atoms with van der Waals surface area (Å²) < 4.78 is 5.53. The summed E-state index contributed by atoms with van der Waals surface area (Å²) >= 11 is 0. The number of aromatic nitrogens is 2. The van der Waals surface area contributed by atoms with Crippen molar-refractivity contribution in [2.24, 2.45) is 0 Å². The van der Waals surface area contributed by atoms with Crippen molar-refractivity contribution in [1.29, 1.82) is 0 Å². The standard InChI is InChI=1S/C22H21N5O4/c1-2-31-16-11-7-6-10-15(16)24-20(29)14-12-17(28)25-19-18(14)21(30)27-22(26-19)23-13-8-4-3-5-9-13/h3-11,14H,2,12H2,1H3,(H,24,29)(H3,23,25,26,27,28,30). The molecule has 1 aliphatic heterocycles. The molecule has 3 aromatic rings. The highest BCUT2D eigenvalue weighted by atomic mass is 16.5. The number of para-hydroxylation sites is 3. The maximum absolute atomic E-state index is 13.0. The molecule has 0 saturated carbocycles. The third-order valence-electron chi connectivity index (χ3n) is 4.75. The average Bonchev–Trinajstić information content (AvgIpc) is 2.75. The molecule has 158 valence electrons. The van der Waals surface area contributed by atoms with Crippen LogP contribution in [-0.2, 0) is 9.59 Å². The van der Waals surface area contributed by atoms with Crippen LogP contribution in [-0.4, -0.2) is 28.4 Å². The highest BCUT2D eigenvalue weighted by Crippen LogP contribution is 2.31. The van der Waals surface area contributed by atoms with Crippen molar-refractivity contribution in [2.75, 3.05) is 22.6 Å². The van der Waals surface area contributed by atoms with Crippen LogP contribution in [0.3, 0.4) is 0 Å². The van der Waals surface area contributed by atoms with Gasteiger partial charge >= 0.3 is 0 Å². The Morgan fingerprint density at radius 1 is 1.13 bits per heavy atom. The molecule has 0 radical (unpaired) electrons. The molecule has 0 aliphatic carbocycles. The number of carbonyl (C=O) groups excluding carboxylic acids is 2. The molecule has 4 N–H and O–H groups in total. The number of hydrogen-bond donors (Lipinski definition) is 4. The topological polar surface area (TPSA) is 125 Å². The lowest BCUT2D eigenvalue weighted by atomic mass is 9.92. The van der Waals surface area contributed by atoms with Gasteiger partial charge in [-0.2, -0.15) is 4.98 Å². The lowest BCUT2D eigenvalue weighted by Crippen LogP contribution is -2.36. The van der Waals surface area contributed by atoms with Gasteiger partial charge in [0.2, 0.25) is 17.8 Å². The first kappa shape index (κ1) is 20.1. The van der Waals surface area contributed by atoms with Crippen LogP contribution < -0.4 is 26.2 Å². The first-order chi connectivity index (χ1) is 15.0. The number of rotatable bonds is 6. The molecule has 0 saturated heterocycles. The van der Waals surface area contributed by atoms with E-state index in [-0.39, 0.29) is 23.8 Å².